The average molecular weight is 250 g/mol. The van der Waals surface area contributed by atoms with Crippen LogP contribution in [-0.2, 0) is 4.79 Å². The summed E-state index contributed by atoms with van der Waals surface area (Å²) < 4.78 is 13.1. The summed E-state index contributed by atoms with van der Waals surface area (Å²) >= 11 is 0. The van der Waals surface area contributed by atoms with Gasteiger partial charge in [0.05, 0.1) is 0 Å². The van der Waals surface area contributed by atoms with Gasteiger partial charge in [0.25, 0.3) is 0 Å². The maximum Gasteiger partial charge on any atom is 0.221 e. The molecule has 3 nitrogen and oxygen atoms in total. The minimum absolute atomic E-state index is 0.0524. The van der Waals surface area contributed by atoms with Gasteiger partial charge in [0.2, 0.25) is 5.91 Å². The molecule has 1 saturated heterocycles. The van der Waals surface area contributed by atoms with Crippen LogP contribution in [0.15, 0.2) is 24.3 Å². The topological polar surface area (TPSA) is 41.1 Å². The number of carbonyl (C=O) groups excluding carboxylic acids is 1. The van der Waals surface area contributed by atoms with Crippen molar-refractivity contribution in [2.45, 2.75) is 38.3 Å². The molecular weight excluding hydrogens is 231 g/mol. The van der Waals surface area contributed by atoms with E-state index in [-0.39, 0.29) is 23.8 Å². The highest BCUT2D eigenvalue weighted by Crippen LogP contribution is 2.17. The molecule has 1 aromatic carbocycles. The lowest BCUT2D eigenvalue weighted by Crippen LogP contribution is -2.34. The van der Waals surface area contributed by atoms with Crippen molar-refractivity contribution >= 4 is 5.91 Å². The molecular formula is C14H19FN2O. The van der Waals surface area contributed by atoms with Crippen molar-refractivity contribution < 1.29 is 9.18 Å². The van der Waals surface area contributed by atoms with E-state index in [1.165, 1.54) is 12.1 Å². The second-order valence-corrected chi connectivity index (χ2v) is 4.84. The van der Waals surface area contributed by atoms with Gasteiger partial charge < -0.3 is 10.6 Å². The molecule has 1 aliphatic rings. The Balaban J connectivity index is 1.97. The second kappa shape index (κ2) is 5.96. The van der Waals surface area contributed by atoms with Crippen molar-refractivity contribution in [1.29, 1.82) is 0 Å². The van der Waals surface area contributed by atoms with Gasteiger partial charge in [-0.2, -0.15) is 0 Å². The molecule has 0 radical (unpaired) electrons. The van der Waals surface area contributed by atoms with Crippen LogP contribution >= 0.6 is 0 Å². The summed E-state index contributed by atoms with van der Waals surface area (Å²) in [6.45, 7) is 2.75. The molecule has 98 valence electrons. The van der Waals surface area contributed by atoms with Gasteiger partial charge in [-0.05, 0) is 37.5 Å². The molecule has 1 amide bonds. The van der Waals surface area contributed by atoms with Gasteiger partial charge >= 0.3 is 0 Å². The van der Waals surface area contributed by atoms with Crippen LogP contribution in [0.1, 0.15) is 37.8 Å². The zero-order valence-corrected chi connectivity index (χ0v) is 10.6. The van der Waals surface area contributed by atoms with Crippen LogP contribution in [0, 0.1) is 5.82 Å². The number of benzene rings is 1. The molecule has 1 fully saturated rings. The molecule has 2 N–H and O–H groups in total. The molecule has 0 bridgehead atoms. The molecule has 1 heterocycles. The average Bonchev–Trinajstić information content (AvgIpc) is 2.53. The van der Waals surface area contributed by atoms with E-state index >= 15 is 0 Å². The first-order valence-corrected chi connectivity index (χ1v) is 6.43. The highest BCUT2D eigenvalue weighted by atomic mass is 19.1. The monoisotopic (exact) mass is 250 g/mol. The first-order valence-electron chi connectivity index (χ1n) is 6.43. The van der Waals surface area contributed by atoms with Gasteiger partial charge in [0.15, 0.2) is 0 Å². The summed E-state index contributed by atoms with van der Waals surface area (Å²) in [5.41, 5.74) is 0.916. The molecule has 0 spiro atoms. The first kappa shape index (κ1) is 13.0. The SMILES string of the molecule is C[C@H](NC1CCCNC(=O)C1)c1cccc(F)c1. The lowest BCUT2D eigenvalue weighted by atomic mass is 10.0. The largest absolute Gasteiger partial charge is 0.356 e. The number of hydrogen-bond acceptors (Lipinski definition) is 2. The predicted octanol–water partition coefficient (Wildman–Crippen LogP) is 2.14. The molecule has 2 rings (SSSR count). The fraction of sp³-hybridized carbons (Fsp3) is 0.500. The van der Waals surface area contributed by atoms with Crippen molar-refractivity contribution in [3.05, 3.63) is 35.6 Å². The van der Waals surface area contributed by atoms with E-state index < -0.39 is 0 Å². The maximum atomic E-state index is 13.1. The van der Waals surface area contributed by atoms with Crippen LogP contribution in [0.4, 0.5) is 4.39 Å². The van der Waals surface area contributed by atoms with Crippen molar-refractivity contribution in [2.75, 3.05) is 6.54 Å². The van der Waals surface area contributed by atoms with Crippen LogP contribution < -0.4 is 10.6 Å². The van der Waals surface area contributed by atoms with Crippen LogP contribution in [-0.4, -0.2) is 18.5 Å². The molecule has 0 aliphatic carbocycles. The van der Waals surface area contributed by atoms with Gasteiger partial charge in [-0.1, -0.05) is 12.1 Å². The third-order valence-corrected chi connectivity index (χ3v) is 3.32. The lowest BCUT2D eigenvalue weighted by molar-refractivity contribution is -0.121. The maximum absolute atomic E-state index is 13.1. The number of hydrogen-bond donors (Lipinski definition) is 2. The smallest absolute Gasteiger partial charge is 0.221 e. The lowest BCUT2D eigenvalue weighted by Gasteiger charge is -2.21. The summed E-state index contributed by atoms with van der Waals surface area (Å²) in [6, 6.07) is 6.81. The number of rotatable bonds is 3. The van der Waals surface area contributed by atoms with Crippen LogP contribution in [0.2, 0.25) is 0 Å². The molecule has 1 aromatic rings. The van der Waals surface area contributed by atoms with Gasteiger partial charge in [-0.15, -0.1) is 0 Å². The summed E-state index contributed by atoms with van der Waals surface area (Å²) in [5.74, 6) is -0.129. The molecule has 1 unspecified atom stereocenters. The number of carbonyl (C=O) groups is 1. The highest BCUT2D eigenvalue weighted by molar-refractivity contribution is 5.76. The van der Waals surface area contributed by atoms with E-state index in [9.17, 15) is 9.18 Å². The van der Waals surface area contributed by atoms with Gasteiger partial charge in [-0.25, -0.2) is 4.39 Å². The van der Waals surface area contributed by atoms with Crippen molar-refractivity contribution in [3.8, 4) is 0 Å². The predicted molar refractivity (Wildman–Crippen MR) is 68.6 cm³/mol. The molecule has 2 atom stereocenters. The van der Waals surface area contributed by atoms with E-state index in [4.69, 9.17) is 0 Å². The molecule has 0 aromatic heterocycles. The van der Waals surface area contributed by atoms with Gasteiger partial charge in [0, 0.05) is 25.0 Å². The van der Waals surface area contributed by atoms with E-state index in [1.807, 2.05) is 13.0 Å². The molecule has 18 heavy (non-hydrogen) atoms. The normalized spacial score (nSPS) is 22.1. The van der Waals surface area contributed by atoms with E-state index in [2.05, 4.69) is 10.6 Å². The van der Waals surface area contributed by atoms with Crippen LogP contribution in [0.3, 0.4) is 0 Å². The zero-order chi connectivity index (χ0) is 13.0. The van der Waals surface area contributed by atoms with E-state index in [0.29, 0.717) is 6.42 Å². The van der Waals surface area contributed by atoms with Crippen molar-refractivity contribution in [3.63, 3.8) is 0 Å². The van der Waals surface area contributed by atoms with Crippen molar-refractivity contribution in [2.24, 2.45) is 0 Å². The number of amides is 1. The Kier molecular flexibility index (Phi) is 4.31. The second-order valence-electron chi connectivity index (χ2n) is 4.84. The fourth-order valence-electron chi connectivity index (χ4n) is 2.34. The standard InChI is InChI=1S/C14H19FN2O/c1-10(11-4-2-5-12(15)8-11)17-13-6-3-7-16-14(18)9-13/h2,4-5,8,10,13,17H,3,6-7,9H2,1H3,(H,16,18)/t10-,13?/m0/s1. The zero-order valence-electron chi connectivity index (χ0n) is 10.6. The first-order chi connectivity index (χ1) is 8.65. The Labute approximate surface area is 107 Å². The minimum Gasteiger partial charge on any atom is -0.356 e. The summed E-state index contributed by atoms with van der Waals surface area (Å²) in [7, 11) is 0. The number of nitrogens with one attached hydrogen (secondary N) is 2. The molecule has 0 saturated carbocycles. The fourth-order valence-corrected chi connectivity index (χ4v) is 2.34. The summed E-state index contributed by atoms with van der Waals surface area (Å²) in [5, 5.41) is 6.26. The van der Waals surface area contributed by atoms with E-state index in [0.717, 1.165) is 24.9 Å². The quantitative estimate of drug-likeness (QED) is 0.863. The highest BCUT2D eigenvalue weighted by Gasteiger charge is 2.19. The Morgan fingerprint density at radius 1 is 1.50 bits per heavy atom. The third-order valence-electron chi connectivity index (χ3n) is 3.32. The summed E-state index contributed by atoms with van der Waals surface area (Å²) in [6.07, 6.45) is 2.46. The Bertz CT molecular complexity index is 422. The van der Waals surface area contributed by atoms with Crippen molar-refractivity contribution in [1.82, 2.24) is 10.6 Å². The third kappa shape index (κ3) is 3.53. The van der Waals surface area contributed by atoms with E-state index in [1.54, 1.807) is 6.07 Å². The molecule has 4 heteroatoms. The summed E-state index contributed by atoms with van der Waals surface area (Å²) in [4.78, 5) is 11.5. The number of halogens is 1. The Morgan fingerprint density at radius 2 is 2.33 bits per heavy atom. The minimum atomic E-state index is -0.222. The Morgan fingerprint density at radius 3 is 3.11 bits per heavy atom. The van der Waals surface area contributed by atoms with Crippen LogP contribution in [0.5, 0.6) is 0 Å². The van der Waals surface area contributed by atoms with Gasteiger partial charge in [0.1, 0.15) is 5.82 Å². The molecule has 1 aliphatic heterocycles. The Hall–Kier alpha value is -1.42. The van der Waals surface area contributed by atoms with Gasteiger partial charge in [-0.3, -0.25) is 4.79 Å². The van der Waals surface area contributed by atoms with Crippen LogP contribution in [0.25, 0.3) is 0 Å².